The molecule has 0 amide bonds. The highest BCUT2D eigenvalue weighted by molar-refractivity contribution is 5.75. The van der Waals surface area contributed by atoms with Gasteiger partial charge in [0.15, 0.2) is 0 Å². The van der Waals surface area contributed by atoms with Gasteiger partial charge < -0.3 is 10.5 Å². The highest BCUT2D eigenvalue weighted by Crippen LogP contribution is 2.01. The van der Waals surface area contributed by atoms with Gasteiger partial charge in [-0.3, -0.25) is 4.79 Å². The van der Waals surface area contributed by atoms with Crippen molar-refractivity contribution in [3.8, 4) is 0 Å². The summed E-state index contributed by atoms with van der Waals surface area (Å²) in [7, 11) is 0. The van der Waals surface area contributed by atoms with Gasteiger partial charge in [0.2, 0.25) is 0 Å². The van der Waals surface area contributed by atoms with Gasteiger partial charge >= 0.3 is 5.97 Å². The predicted molar refractivity (Wildman–Crippen MR) is 48.7 cm³/mol. The number of carbonyl (C=O) groups is 1. The van der Waals surface area contributed by atoms with Crippen LogP contribution >= 0.6 is 0 Å². The van der Waals surface area contributed by atoms with E-state index in [1.807, 2.05) is 13.8 Å². The maximum absolute atomic E-state index is 11.1. The van der Waals surface area contributed by atoms with Crippen LogP contribution < -0.4 is 5.73 Å². The van der Waals surface area contributed by atoms with Gasteiger partial charge in [-0.25, -0.2) is 0 Å². The van der Waals surface area contributed by atoms with Crippen molar-refractivity contribution < 1.29 is 9.53 Å². The van der Waals surface area contributed by atoms with E-state index in [-0.39, 0.29) is 11.9 Å². The molecule has 12 heavy (non-hydrogen) atoms. The number of hydrogen-bond acceptors (Lipinski definition) is 3. The molecule has 0 heterocycles. The van der Waals surface area contributed by atoms with Gasteiger partial charge in [-0.15, -0.1) is 0 Å². The average Bonchev–Trinajstić information content (AvgIpc) is 2.03. The smallest absolute Gasteiger partial charge is 0.323 e. The fourth-order valence-electron chi connectivity index (χ4n) is 0.685. The third-order valence-corrected chi connectivity index (χ3v) is 1.73. The standard InChI is InChI=1S/C9H19NO2/c1-4-5-6-12-9(11)8(10)7(2)3/h7-8H,4-6,10H2,1-3H3/t8-/m1/s1. The molecule has 3 heteroatoms. The summed E-state index contributed by atoms with van der Waals surface area (Å²) in [5.74, 6) is -0.127. The van der Waals surface area contributed by atoms with Gasteiger partial charge in [-0.05, 0) is 12.3 Å². The molecule has 0 rings (SSSR count). The Hall–Kier alpha value is -0.570. The minimum Gasteiger partial charge on any atom is -0.465 e. The highest BCUT2D eigenvalue weighted by Gasteiger charge is 2.17. The van der Waals surface area contributed by atoms with E-state index in [4.69, 9.17) is 10.5 Å². The summed E-state index contributed by atoms with van der Waals surface area (Å²) in [5, 5.41) is 0. The normalized spacial score (nSPS) is 13.1. The van der Waals surface area contributed by atoms with E-state index < -0.39 is 6.04 Å². The molecule has 0 bridgehead atoms. The fraction of sp³-hybridized carbons (Fsp3) is 0.889. The molecule has 3 nitrogen and oxygen atoms in total. The summed E-state index contributed by atoms with van der Waals surface area (Å²) in [6, 6.07) is -0.471. The first-order valence-corrected chi connectivity index (χ1v) is 4.51. The van der Waals surface area contributed by atoms with Gasteiger partial charge in [-0.2, -0.15) is 0 Å². The molecule has 0 saturated carbocycles. The lowest BCUT2D eigenvalue weighted by atomic mass is 10.1. The molecule has 0 fully saturated rings. The average molecular weight is 173 g/mol. The van der Waals surface area contributed by atoms with Crippen molar-refractivity contribution in [3.63, 3.8) is 0 Å². The molecule has 0 radical (unpaired) electrons. The van der Waals surface area contributed by atoms with Gasteiger partial charge in [0.25, 0.3) is 0 Å². The highest BCUT2D eigenvalue weighted by atomic mass is 16.5. The van der Waals surface area contributed by atoms with Crippen molar-refractivity contribution in [2.45, 2.75) is 39.7 Å². The van der Waals surface area contributed by atoms with Crippen LogP contribution in [0.5, 0.6) is 0 Å². The quantitative estimate of drug-likeness (QED) is 0.504. The maximum Gasteiger partial charge on any atom is 0.323 e. The Balaban J connectivity index is 3.57. The topological polar surface area (TPSA) is 52.3 Å². The summed E-state index contributed by atoms with van der Waals surface area (Å²) in [6.45, 7) is 6.36. The number of hydrogen-bond donors (Lipinski definition) is 1. The molecule has 0 aliphatic rings. The van der Waals surface area contributed by atoms with Crippen LogP contribution in [0.3, 0.4) is 0 Å². The van der Waals surface area contributed by atoms with E-state index in [0.29, 0.717) is 6.61 Å². The molecule has 0 aromatic carbocycles. The number of carbonyl (C=O) groups excluding carboxylic acids is 1. The summed E-state index contributed by atoms with van der Waals surface area (Å²) in [6.07, 6.45) is 1.95. The first-order chi connectivity index (χ1) is 5.59. The van der Waals surface area contributed by atoms with Crippen molar-refractivity contribution in [2.24, 2.45) is 11.7 Å². The van der Waals surface area contributed by atoms with Crippen molar-refractivity contribution >= 4 is 5.97 Å². The van der Waals surface area contributed by atoms with Crippen LogP contribution in [0.4, 0.5) is 0 Å². The third-order valence-electron chi connectivity index (χ3n) is 1.73. The van der Waals surface area contributed by atoms with Gasteiger partial charge in [0.1, 0.15) is 6.04 Å². The molecule has 0 unspecified atom stereocenters. The zero-order chi connectivity index (χ0) is 9.56. The van der Waals surface area contributed by atoms with Gasteiger partial charge in [0, 0.05) is 0 Å². The zero-order valence-corrected chi connectivity index (χ0v) is 8.17. The Morgan fingerprint density at radius 2 is 2.08 bits per heavy atom. The fourth-order valence-corrected chi connectivity index (χ4v) is 0.685. The van der Waals surface area contributed by atoms with Crippen molar-refractivity contribution in [3.05, 3.63) is 0 Å². The van der Waals surface area contributed by atoms with Gasteiger partial charge in [-0.1, -0.05) is 27.2 Å². The summed E-state index contributed by atoms with van der Waals surface area (Å²) in [4.78, 5) is 11.1. The van der Waals surface area contributed by atoms with Crippen molar-refractivity contribution in [1.82, 2.24) is 0 Å². The maximum atomic E-state index is 11.1. The van der Waals surface area contributed by atoms with Crippen LogP contribution in [0, 0.1) is 5.92 Å². The van der Waals surface area contributed by atoms with E-state index in [1.165, 1.54) is 0 Å². The van der Waals surface area contributed by atoms with Crippen molar-refractivity contribution in [2.75, 3.05) is 6.61 Å². The lowest BCUT2D eigenvalue weighted by molar-refractivity contribution is -0.146. The zero-order valence-electron chi connectivity index (χ0n) is 8.17. The van der Waals surface area contributed by atoms with Crippen LogP contribution in [0.25, 0.3) is 0 Å². The predicted octanol–water partition coefficient (Wildman–Crippen LogP) is 1.31. The molecule has 1 atom stereocenters. The van der Waals surface area contributed by atoms with E-state index >= 15 is 0 Å². The molecule has 0 aliphatic carbocycles. The van der Waals surface area contributed by atoms with E-state index in [1.54, 1.807) is 0 Å². The lowest BCUT2D eigenvalue weighted by Crippen LogP contribution is -2.37. The Bertz CT molecular complexity index is 134. The molecule has 72 valence electrons. The Morgan fingerprint density at radius 3 is 2.50 bits per heavy atom. The minimum absolute atomic E-state index is 0.152. The van der Waals surface area contributed by atoms with Crippen LogP contribution in [0.1, 0.15) is 33.6 Å². The molecular formula is C9H19NO2. The number of nitrogens with two attached hydrogens (primary N) is 1. The van der Waals surface area contributed by atoms with Crippen LogP contribution in [0.2, 0.25) is 0 Å². The lowest BCUT2D eigenvalue weighted by Gasteiger charge is -2.13. The molecule has 0 aliphatic heterocycles. The molecule has 0 saturated heterocycles. The van der Waals surface area contributed by atoms with Crippen molar-refractivity contribution in [1.29, 1.82) is 0 Å². The van der Waals surface area contributed by atoms with Crippen LogP contribution in [-0.2, 0) is 9.53 Å². The molecule has 0 spiro atoms. The summed E-state index contributed by atoms with van der Waals surface area (Å²) >= 11 is 0. The Morgan fingerprint density at radius 1 is 1.50 bits per heavy atom. The second kappa shape index (κ2) is 6.00. The molecule has 2 N–H and O–H groups in total. The largest absolute Gasteiger partial charge is 0.465 e. The van der Waals surface area contributed by atoms with Gasteiger partial charge in [0.05, 0.1) is 6.61 Å². The summed E-state index contributed by atoms with van der Waals surface area (Å²) in [5.41, 5.74) is 5.57. The first-order valence-electron chi connectivity index (χ1n) is 4.51. The first kappa shape index (κ1) is 11.4. The minimum atomic E-state index is -0.471. The summed E-state index contributed by atoms with van der Waals surface area (Å²) < 4.78 is 4.94. The second-order valence-electron chi connectivity index (χ2n) is 3.29. The SMILES string of the molecule is CCCCOC(=O)[C@H](N)C(C)C. The number of esters is 1. The van der Waals surface area contributed by atoms with Crippen LogP contribution in [0.15, 0.2) is 0 Å². The molecular weight excluding hydrogens is 154 g/mol. The number of unbranched alkanes of at least 4 members (excludes halogenated alkanes) is 1. The monoisotopic (exact) mass is 173 g/mol. The molecule has 0 aromatic rings. The Labute approximate surface area is 74.3 Å². The number of ether oxygens (including phenoxy) is 1. The Kier molecular flexibility index (Phi) is 5.72. The van der Waals surface area contributed by atoms with Crippen LogP contribution in [-0.4, -0.2) is 18.6 Å². The number of rotatable bonds is 5. The molecule has 0 aromatic heterocycles. The second-order valence-corrected chi connectivity index (χ2v) is 3.29. The third kappa shape index (κ3) is 4.34. The van der Waals surface area contributed by atoms with E-state index in [9.17, 15) is 4.79 Å². The van der Waals surface area contributed by atoms with E-state index in [2.05, 4.69) is 6.92 Å². The van der Waals surface area contributed by atoms with E-state index in [0.717, 1.165) is 12.8 Å².